The molecule has 9 aliphatic rings. The number of anilines is 3. The molecule has 0 radical (unpaired) electrons. The summed E-state index contributed by atoms with van der Waals surface area (Å²) in [4.78, 5) is 130. The molecule has 12 amide bonds. The van der Waals surface area contributed by atoms with Crippen molar-refractivity contribution in [1.82, 2.24) is 46.9 Å². The number of carbonyl (C=O) groups excluding carboxylic acids is 9. The highest BCUT2D eigenvalue weighted by molar-refractivity contribution is 6.22. The Bertz CT molecular complexity index is 4220. The van der Waals surface area contributed by atoms with Gasteiger partial charge in [-0.1, -0.05) is 39.0 Å². The Labute approximate surface area is 562 Å². The SMILES string of the molecule is CC[C@@H]1O[C@H](C(F)(F)F)CN2c3c(cc(-c4cccnc4)c(F)c3F)CC3(C(=O)NC(=O)NC3=O)[C@@H]12.C[C@@H]1CN2c3c(cc(-c4cccnc4)c(F)c3F)CC3(C(=O)NC(=O)NC3=O)[C@H]2[C@H](C)O1.C[C@H]1C[C@@H](C)[C@H]2N(C1)c1c(cc(-c3cccnc3)c(F)c1F)CC21C(=O)NC(=O)NC1=O. The molecule has 15 rings (SSSR count). The molecule has 0 aliphatic carbocycles. The topological polar surface area (TPSA) is 293 Å². The van der Waals surface area contributed by atoms with Crippen LogP contribution in [0.2, 0.25) is 0 Å². The number of nitrogens with zero attached hydrogens (tertiary/aromatic N) is 6. The smallest absolute Gasteiger partial charge is 0.372 e. The van der Waals surface area contributed by atoms with E-state index in [1.165, 1.54) is 79.3 Å². The minimum atomic E-state index is -4.86. The maximum Gasteiger partial charge on any atom is 0.416 e. The number of fused-ring (bicyclic) bond motifs is 12. The number of barbiturate groups is 3. The Kier molecular flexibility index (Phi) is 17.1. The summed E-state index contributed by atoms with van der Waals surface area (Å²) in [5.74, 6) is -12.0. The van der Waals surface area contributed by atoms with Crippen LogP contribution in [-0.2, 0) is 57.5 Å². The third kappa shape index (κ3) is 10.8. The second kappa shape index (κ2) is 25.1. The number of urea groups is 3. The van der Waals surface area contributed by atoms with Crippen molar-refractivity contribution < 1.29 is 92.1 Å². The average Bonchev–Trinajstić information content (AvgIpc) is 0.713. The number of benzene rings is 3. The number of ether oxygens (including phenoxy) is 2. The van der Waals surface area contributed by atoms with E-state index < -0.39 is 166 Å². The van der Waals surface area contributed by atoms with Gasteiger partial charge in [0.1, 0.15) is 0 Å². The van der Waals surface area contributed by atoms with E-state index in [9.17, 15) is 56.3 Å². The largest absolute Gasteiger partial charge is 0.416 e. The minimum Gasteiger partial charge on any atom is -0.372 e. The lowest BCUT2D eigenvalue weighted by Gasteiger charge is -2.56. The molecule has 12 heterocycles. The molecular weight excluding hydrogens is 1330 g/mol. The standard InChI is InChI=1S/C23H19F5N4O4.C23H22F2N4O3.C22H20F2N4O4/c1-2-13-18-22(19(33)30-21(35)31-20(22)34)7-11-6-12(10-4-3-5-29-8-10)15(24)16(25)17(11)32(18)9-14(36-13)23(26,27)28;1-11-6-12(2)19-23(20(30)27-22(32)28-21(23)31)8-14-7-15(13-4-3-5-26-9-13)16(24)17(25)18(14)29(19)10-11;1-10-9-28-17-13(6-14(15(23)16(17)24)12-4-3-5-25-8-12)7-22(18(28)11(2)32-10)19(29)26-21(31)27-20(22)30/h3-6,8,13-14,18H,2,7,9H2,1H3,(H2,30,31,33,34,35);3-5,7,9,11-12,19H,6,8,10H2,1-2H3,(H2,27,28,30,31,32);3-6,8,10-11,18H,7,9H2,1-2H3,(H2,26,27,29,30,31)/t13-,14-,18+;11-,12+,19+;10-,11+,18-/m001/s1. The van der Waals surface area contributed by atoms with Gasteiger partial charge in [0.25, 0.3) is 0 Å². The van der Waals surface area contributed by atoms with Crippen LogP contribution < -0.4 is 46.6 Å². The normalized spacial score (nSPS) is 25.9. The van der Waals surface area contributed by atoms with Gasteiger partial charge in [0.15, 0.2) is 57.3 Å². The molecule has 3 aromatic carbocycles. The van der Waals surface area contributed by atoms with Gasteiger partial charge in [-0.2, -0.15) is 13.2 Å². The third-order valence-electron chi connectivity index (χ3n) is 20.3. The van der Waals surface area contributed by atoms with E-state index in [1.54, 1.807) is 43.0 Å². The number of nitrogens with one attached hydrogen (secondary N) is 6. The van der Waals surface area contributed by atoms with Crippen molar-refractivity contribution in [2.45, 2.75) is 115 Å². The van der Waals surface area contributed by atoms with Crippen LogP contribution in [0.3, 0.4) is 0 Å². The lowest BCUT2D eigenvalue weighted by molar-refractivity contribution is -0.245. The molecule has 9 aliphatic heterocycles. The Morgan fingerprint density at radius 2 is 0.830 bits per heavy atom. The molecule has 100 heavy (non-hydrogen) atoms. The number of hydrogen-bond donors (Lipinski definition) is 6. The fraction of sp³-hybridized carbons (Fsp3) is 0.382. The van der Waals surface area contributed by atoms with Gasteiger partial charge >= 0.3 is 24.3 Å². The van der Waals surface area contributed by atoms with Crippen LogP contribution in [0, 0.1) is 63.0 Å². The number of morpholine rings is 2. The third-order valence-corrected chi connectivity index (χ3v) is 20.3. The molecule has 0 bridgehead atoms. The van der Waals surface area contributed by atoms with Crippen LogP contribution in [0.5, 0.6) is 0 Å². The van der Waals surface area contributed by atoms with Crippen LogP contribution >= 0.6 is 0 Å². The van der Waals surface area contributed by atoms with E-state index in [0.29, 0.717) is 35.2 Å². The Morgan fingerprint density at radius 3 is 1.18 bits per heavy atom. The molecule has 3 aromatic heterocycles. The van der Waals surface area contributed by atoms with Crippen molar-refractivity contribution in [2.24, 2.45) is 28.1 Å². The number of rotatable bonds is 4. The molecule has 32 heteroatoms. The number of alkyl halides is 3. The summed E-state index contributed by atoms with van der Waals surface area (Å²) in [6.07, 6.45) is -1.33. The number of piperidine rings is 1. The zero-order chi connectivity index (χ0) is 71.6. The van der Waals surface area contributed by atoms with Crippen molar-refractivity contribution in [3.05, 3.63) is 143 Å². The maximum atomic E-state index is 15.7. The quantitative estimate of drug-likeness (QED) is 0.0733. The summed E-state index contributed by atoms with van der Waals surface area (Å²) in [5.41, 5.74) is -4.68. The van der Waals surface area contributed by atoms with Crippen molar-refractivity contribution in [3.8, 4) is 33.4 Å². The first-order chi connectivity index (χ1) is 47.5. The predicted octanol–water partition coefficient (Wildman–Crippen LogP) is 7.55. The number of halogens is 9. The van der Waals surface area contributed by atoms with Gasteiger partial charge in [0.2, 0.25) is 35.4 Å². The lowest BCUT2D eigenvalue weighted by atomic mass is 9.62. The molecule has 6 aromatic rings. The number of amides is 12. The van der Waals surface area contributed by atoms with Crippen molar-refractivity contribution in [1.29, 1.82) is 0 Å². The Balaban J connectivity index is 0.000000135. The van der Waals surface area contributed by atoms with Gasteiger partial charge in [0.05, 0.1) is 60.0 Å². The summed E-state index contributed by atoms with van der Waals surface area (Å²) in [7, 11) is 0. The molecule has 0 saturated carbocycles. The number of aromatic nitrogens is 3. The van der Waals surface area contributed by atoms with Gasteiger partial charge in [0, 0.05) is 96.5 Å². The summed E-state index contributed by atoms with van der Waals surface area (Å²) >= 11 is 0. The number of carbonyl (C=O) groups is 9. The second-order valence-electron chi connectivity index (χ2n) is 26.4. The maximum absolute atomic E-state index is 15.7. The predicted molar refractivity (Wildman–Crippen MR) is 334 cm³/mol. The minimum absolute atomic E-state index is 0.00488. The highest BCUT2D eigenvalue weighted by Crippen LogP contribution is 2.55. The summed E-state index contributed by atoms with van der Waals surface area (Å²) < 4.78 is 145. The van der Waals surface area contributed by atoms with E-state index in [4.69, 9.17) is 9.47 Å². The lowest BCUT2D eigenvalue weighted by Crippen LogP contribution is -2.76. The van der Waals surface area contributed by atoms with Crippen LogP contribution in [-0.4, -0.2) is 137 Å². The van der Waals surface area contributed by atoms with Crippen LogP contribution in [0.1, 0.15) is 64.2 Å². The van der Waals surface area contributed by atoms with Gasteiger partial charge in [-0.25, -0.2) is 40.7 Å². The number of pyridine rings is 3. The Hall–Kier alpha value is -10.4. The zero-order valence-electron chi connectivity index (χ0n) is 53.6. The zero-order valence-corrected chi connectivity index (χ0v) is 53.6. The highest BCUT2D eigenvalue weighted by Gasteiger charge is 2.68. The van der Waals surface area contributed by atoms with Gasteiger partial charge in [-0.15, -0.1) is 0 Å². The van der Waals surface area contributed by atoms with Crippen LogP contribution in [0.25, 0.3) is 33.4 Å². The Morgan fingerprint density at radius 1 is 0.480 bits per heavy atom. The molecule has 6 fully saturated rings. The highest BCUT2D eigenvalue weighted by atomic mass is 19.4. The van der Waals surface area contributed by atoms with Crippen molar-refractivity contribution in [3.63, 3.8) is 0 Å². The first-order valence-corrected chi connectivity index (χ1v) is 31.9. The molecule has 23 nitrogen and oxygen atoms in total. The summed E-state index contributed by atoms with van der Waals surface area (Å²) in [5, 5.41) is 12.8. The van der Waals surface area contributed by atoms with Gasteiger partial charge in [-0.05, 0) is 98.0 Å². The van der Waals surface area contributed by atoms with E-state index in [-0.39, 0.29) is 82.9 Å². The molecule has 3 spiro atoms. The summed E-state index contributed by atoms with van der Waals surface area (Å²) in [6, 6.07) is 7.53. The fourth-order valence-electron chi connectivity index (χ4n) is 16.5. The average molecular weight is 1390 g/mol. The van der Waals surface area contributed by atoms with E-state index in [2.05, 4.69) is 36.2 Å². The number of imide groups is 6. The molecule has 9 atom stereocenters. The summed E-state index contributed by atoms with van der Waals surface area (Å²) in [6.45, 7) is 8.34. The number of hydrogen-bond acceptors (Lipinski definition) is 17. The van der Waals surface area contributed by atoms with Gasteiger partial charge < -0.3 is 24.2 Å². The van der Waals surface area contributed by atoms with Crippen molar-refractivity contribution in [2.75, 3.05) is 34.3 Å². The van der Waals surface area contributed by atoms with E-state index in [1.807, 2.05) is 24.5 Å². The second-order valence-corrected chi connectivity index (χ2v) is 26.4. The monoisotopic (exact) mass is 1390 g/mol. The van der Waals surface area contributed by atoms with E-state index in [0.717, 1.165) is 4.90 Å². The first-order valence-electron chi connectivity index (χ1n) is 31.9. The molecule has 6 N–H and O–H groups in total. The molecule has 0 unspecified atom stereocenters. The molecule has 6 saturated heterocycles. The molecule has 522 valence electrons. The fourth-order valence-corrected chi connectivity index (χ4v) is 16.5. The first kappa shape index (κ1) is 68.2. The van der Waals surface area contributed by atoms with E-state index >= 15 is 26.3 Å². The molecular formula is C68H61F9N12O11. The van der Waals surface area contributed by atoms with Crippen molar-refractivity contribution >= 4 is 70.6 Å². The van der Waals surface area contributed by atoms with Crippen LogP contribution in [0.4, 0.5) is 71.0 Å². The van der Waals surface area contributed by atoms with Crippen LogP contribution in [0.15, 0.2) is 91.8 Å². The van der Waals surface area contributed by atoms with Gasteiger partial charge in [-0.3, -0.25) is 75.6 Å².